The van der Waals surface area contributed by atoms with Gasteiger partial charge in [0, 0.05) is 26.6 Å². The van der Waals surface area contributed by atoms with Gasteiger partial charge in [-0.2, -0.15) is 0 Å². The summed E-state index contributed by atoms with van der Waals surface area (Å²) in [5, 5.41) is 9.07. The molecule has 0 atom stereocenters. The van der Waals surface area contributed by atoms with Gasteiger partial charge in [0.2, 0.25) is 5.91 Å². The molecule has 0 heterocycles. The molecule has 0 spiro atoms. The van der Waals surface area contributed by atoms with E-state index in [4.69, 9.17) is 9.47 Å². The SMILES string of the molecule is CCCNC(=O)CCNC(=NC)NCCOc1ccc(OC)cc1. The molecule has 1 amide bonds. The number of carbonyl (C=O) groups excluding carboxylic acids is 1. The number of guanidine groups is 1. The molecular weight excluding hydrogens is 308 g/mol. The number of hydrogen-bond donors (Lipinski definition) is 3. The molecule has 1 aromatic carbocycles. The number of amides is 1. The van der Waals surface area contributed by atoms with Crippen molar-refractivity contribution in [3.8, 4) is 11.5 Å². The van der Waals surface area contributed by atoms with Crippen molar-refractivity contribution in [3.05, 3.63) is 24.3 Å². The van der Waals surface area contributed by atoms with Gasteiger partial charge >= 0.3 is 0 Å². The standard InChI is InChI=1S/C17H28N4O3/c1-4-10-19-16(22)9-11-20-17(18-2)21-12-13-24-15-7-5-14(23-3)6-8-15/h5-8H,4,9-13H2,1-3H3,(H,19,22)(H2,18,20,21). The zero-order valence-electron chi connectivity index (χ0n) is 14.7. The molecule has 0 fully saturated rings. The van der Waals surface area contributed by atoms with Crippen molar-refractivity contribution >= 4 is 11.9 Å². The lowest BCUT2D eigenvalue weighted by Crippen LogP contribution is -2.40. The van der Waals surface area contributed by atoms with Gasteiger partial charge in [-0.3, -0.25) is 9.79 Å². The van der Waals surface area contributed by atoms with Gasteiger partial charge in [0.15, 0.2) is 5.96 Å². The minimum Gasteiger partial charge on any atom is -0.497 e. The fourth-order valence-electron chi connectivity index (χ4n) is 1.88. The molecule has 0 aromatic heterocycles. The summed E-state index contributed by atoms with van der Waals surface area (Å²) in [7, 11) is 3.32. The summed E-state index contributed by atoms with van der Waals surface area (Å²) in [4.78, 5) is 15.6. The number of benzene rings is 1. The summed E-state index contributed by atoms with van der Waals surface area (Å²) in [5.41, 5.74) is 0. The van der Waals surface area contributed by atoms with E-state index in [0.29, 0.717) is 38.6 Å². The highest BCUT2D eigenvalue weighted by molar-refractivity contribution is 5.81. The second-order valence-corrected chi connectivity index (χ2v) is 5.05. The summed E-state index contributed by atoms with van der Waals surface area (Å²) in [5.74, 6) is 2.28. The molecule has 0 aliphatic heterocycles. The smallest absolute Gasteiger partial charge is 0.221 e. The van der Waals surface area contributed by atoms with Crippen LogP contribution in [0.1, 0.15) is 19.8 Å². The molecule has 3 N–H and O–H groups in total. The minimum atomic E-state index is 0.0441. The fourth-order valence-corrected chi connectivity index (χ4v) is 1.88. The van der Waals surface area contributed by atoms with Gasteiger partial charge in [-0.15, -0.1) is 0 Å². The lowest BCUT2D eigenvalue weighted by Gasteiger charge is -2.12. The normalized spacial score (nSPS) is 10.9. The third-order valence-corrected chi connectivity index (χ3v) is 3.16. The zero-order chi connectivity index (χ0) is 17.6. The molecule has 134 valence electrons. The van der Waals surface area contributed by atoms with Crippen LogP contribution in [0.4, 0.5) is 0 Å². The lowest BCUT2D eigenvalue weighted by atomic mass is 10.3. The average Bonchev–Trinajstić information content (AvgIpc) is 2.62. The van der Waals surface area contributed by atoms with E-state index in [1.165, 1.54) is 0 Å². The van der Waals surface area contributed by atoms with Crippen LogP contribution >= 0.6 is 0 Å². The van der Waals surface area contributed by atoms with Crippen molar-refractivity contribution in [1.29, 1.82) is 0 Å². The Bertz CT molecular complexity index is 503. The molecule has 0 aliphatic carbocycles. The Balaban J connectivity index is 2.16. The summed E-state index contributed by atoms with van der Waals surface area (Å²) in [6.45, 7) is 4.39. The number of rotatable bonds is 10. The van der Waals surface area contributed by atoms with Crippen molar-refractivity contribution in [3.63, 3.8) is 0 Å². The lowest BCUT2D eigenvalue weighted by molar-refractivity contribution is -0.120. The topological polar surface area (TPSA) is 84.0 Å². The van der Waals surface area contributed by atoms with Gasteiger partial charge in [-0.1, -0.05) is 6.92 Å². The Hall–Kier alpha value is -2.44. The maximum Gasteiger partial charge on any atom is 0.221 e. The predicted octanol–water partition coefficient (Wildman–Crippen LogP) is 1.16. The van der Waals surface area contributed by atoms with E-state index in [2.05, 4.69) is 20.9 Å². The number of methoxy groups -OCH3 is 1. The monoisotopic (exact) mass is 336 g/mol. The van der Waals surface area contributed by atoms with Gasteiger partial charge < -0.3 is 25.4 Å². The van der Waals surface area contributed by atoms with E-state index in [1.54, 1.807) is 14.2 Å². The Kier molecular flexibility index (Phi) is 9.84. The van der Waals surface area contributed by atoms with Crippen molar-refractivity contribution in [2.75, 3.05) is 40.4 Å². The summed E-state index contributed by atoms with van der Waals surface area (Å²) >= 11 is 0. The maximum absolute atomic E-state index is 11.5. The molecular formula is C17H28N4O3. The van der Waals surface area contributed by atoms with E-state index in [9.17, 15) is 4.79 Å². The fraction of sp³-hybridized carbons (Fsp3) is 0.529. The Morgan fingerprint density at radius 2 is 1.71 bits per heavy atom. The first-order valence-electron chi connectivity index (χ1n) is 8.17. The van der Waals surface area contributed by atoms with Gasteiger partial charge in [0.25, 0.3) is 0 Å². The first-order chi connectivity index (χ1) is 11.7. The van der Waals surface area contributed by atoms with Crippen molar-refractivity contribution in [1.82, 2.24) is 16.0 Å². The molecule has 0 saturated carbocycles. The molecule has 24 heavy (non-hydrogen) atoms. The number of ether oxygens (including phenoxy) is 2. The highest BCUT2D eigenvalue weighted by Crippen LogP contribution is 2.16. The molecule has 7 nitrogen and oxygen atoms in total. The molecule has 0 aliphatic rings. The minimum absolute atomic E-state index is 0.0441. The Labute approximate surface area is 143 Å². The Morgan fingerprint density at radius 1 is 1.04 bits per heavy atom. The van der Waals surface area contributed by atoms with E-state index in [0.717, 1.165) is 17.9 Å². The predicted molar refractivity (Wildman–Crippen MR) is 95.8 cm³/mol. The number of hydrogen-bond acceptors (Lipinski definition) is 4. The van der Waals surface area contributed by atoms with Crippen LogP contribution in [0.5, 0.6) is 11.5 Å². The van der Waals surface area contributed by atoms with E-state index < -0.39 is 0 Å². The molecule has 0 radical (unpaired) electrons. The van der Waals surface area contributed by atoms with Crippen LogP contribution in [0.25, 0.3) is 0 Å². The van der Waals surface area contributed by atoms with Gasteiger partial charge in [0.1, 0.15) is 18.1 Å². The summed E-state index contributed by atoms with van der Waals surface area (Å²) in [6.07, 6.45) is 1.36. The van der Waals surface area contributed by atoms with Crippen LogP contribution < -0.4 is 25.4 Å². The van der Waals surface area contributed by atoms with Crippen molar-refractivity contribution in [2.45, 2.75) is 19.8 Å². The number of nitrogens with one attached hydrogen (secondary N) is 3. The third-order valence-electron chi connectivity index (χ3n) is 3.16. The molecule has 0 saturated heterocycles. The second kappa shape index (κ2) is 12.0. The number of carbonyl (C=O) groups is 1. The molecule has 1 aromatic rings. The number of nitrogens with zero attached hydrogens (tertiary/aromatic N) is 1. The number of aliphatic imine (C=N–C) groups is 1. The molecule has 1 rings (SSSR count). The van der Waals surface area contributed by atoms with Crippen LogP contribution in [0.3, 0.4) is 0 Å². The van der Waals surface area contributed by atoms with E-state index in [1.807, 2.05) is 31.2 Å². The zero-order valence-corrected chi connectivity index (χ0v) is 14.7. The van der Waals surface area contributed by atoms with Crippen LogP contribution in [0, 0.1) is 0 Å². The third kappa shape index (κ3) is 8.26. The largest absolute Gasteiger partial charge is 0.497 e. The highest BCUT2D eigenvalue weighted by atomic mass is 16.5. The molecule has 7 heteroatoms. The van der Waals surface area contributed by atoms with Crippen LogP contribution in [0.2, 0.25) is 0 Å². The van der Waals surface area contributed by atoms with Gasteiger partial charge in [-0.05, 0) is 30.7 Å². The van der Waals surface area contributed by atoms with Gasteiger partial charge in [0.05, 0.1) is 13.7 Å². The highest BCUT2D eigenvalue weighted by Gasteiger charge is 2.02. The van der Waals surface area contributed by atoms with E-state index in [-0.39, 0.29) is 5.91 Å². The summed E-state index contributed by atoms with van der Waals surface area (Å²) < 4.78 is 10.7. The van der Waals surface area contributed by atoms with Crippen molar-refractivity contribution < 1.29 is 14.3 Å². The molecule has 0 unspecified atom stereocenters. The summed E-state index contributed by atoms with van der Waals surface area (Å²) in [6, 6.07) is 7.43. The van der Waals surface area contributed by atoms with Gasteiger partial charge in [-0.25, -0.2) is 0 Å². The first-order valence-corrected chi connectivity index (χ1v) is 8.17. The Morgan fingerprint density at radius 3 is 2.33 bits per heavy atom. The van der Waals surface area contributed by atoms with Crippen LogP contribution in [-0.2, 0) is 4.79 Å². The molecule has 0 bridgehead atoms. The van der Waals surface area contributed by atoms with E-state index >= 15 is 0 Å². The first kappa shape index (κ1) is 19.6. The van der Waals surface area contributed by atoms with Crippen LogP contribution in [0.15, 0.2) is 29.3 Å². The second-order valence-electron chi connectivity index (χ2n) is 5.05. The van der Waals surface area contributed by atoms with Crippen LogP contribution in [-0.4, -0.2) is 52.3 Å². The maximum atomic E-state index is 11.5. The quantitative estimate of drug-likeness (QED) is 0.339. The average molecular weight is 336 g/mol. The van der Waals surface area contributed by atoms with Crippen molar-refractivity contribution in [2.24, 2.45) is 4.99 Å².